The number of esters is 1. The number of rotatable bonds is 21. The van der Waals surface area contributed by atoms with Crippen LogP contribution in [0.3, 0.4) is 0 Å². The van der Waals surface area contributed by atoms with Gasteiger partial charge < -0.3 is 24.7 Å². The molecule has 2 aromatic rings. The van der Waals surface area contributed by atoms with Crippen LogP contribution in [0.1, 0.15) is 129 Å². The van der Waals surface area contributed by atoms with E-state index in [2.05, 4.69) is 27.8 Å². The van der Waals surface area contributed by atoms with Gasteiger partial charge in [-0.25, -0.2) is 9.78 Å². The van der Waals surface area contributed by atoms with Gasteiger partial charge in [-0.2, -0.15) is 14.4 Å². The van der Waals surface area contributed by atoms with Crippen LogP contribution in [0, 0.1) is 18.4 Å². The molecule has 2 aromatic heterocycles. The minimum absolute atomic E-state index is 0.0813. The Labute approximate surface area is 266 Å². The normalized spacial score (nSPS) is 19.4. The van der Waals surface area contributed by atoms with Gasteiger partial charge in [0.05, 0.1) is 12.9 Å². The van der Waals surface area contributed by atoms with Gasteiger partial charge in [-0.15, -0.1) is 6.42 Å². The number of anilines is 1. The number of hydrogen-bond acceptors (Lipinski definition) is 10. The number of nitrogen functional groups attached to an aromatic ring is 1. The average Bonchev–Trinajstić information content (AvgIpc) is 3.60. The highest BCUT2D eigenvalue weighted by Crippen LogP contribution is 2.40. The Hall–Kier alpha value is -3.46. The molecule has 250 valence electrons. The minimum Gasteiger partial charge on any atom is -0.458 e. The Morgan fingerprint density at radius 3 is 2.18 bits per heavy atom. The minimum atomic E-state index is -1.62. The lowest BCUT2D eigenvalue weighted by atomic mass is 9.98. The standard InChI is InChI=1S/C33H50FN5O6/c1-4-7-8-9-10-11-12-13-14-15-16-17-18-19-20-21-27(40)44-25-22-26(45-33(25,5-2)23-43-32(41)42-6-3)39-24-36-28-29(35)37-31(34)38-30(28)39/h2,24-26H,4,6-23H2,1,3H3,(H2,35,37,38)/t25-,26+,33+/m0/s1. The molecular weight excluding hydrogens is 581 g/mol. The first-order valence-corrected chi connectivity index (χ1v) is 16.6. The molecule has 0 spiro atoms. The highest BCUT2D eigenvalue weighted by Gasteiger charge is 2.52. The molecule has 0 saturated carbocycles. The van der Waals surface area contributed by atoms with Crippen molar-refractivity contribution in [2.75, 3.05) is 18.9 Å². The lowest BCUT2D eigenvalue weighted by molar-refractivity contribution is -0.159. The molecule has 45 heavy (non-hydrogen) atoms. The van der Waals surface area contributed by atoms with Gasteiger partial charge in [0.1, 0.15) is 18.9 Å². The highest BCUT2D eigenvalue weighted by atomic mass is 19.1. The van der Waals surface area contributed by atoms with E-state index in [0.29, 0.717) is 6.42 Å². The van der Waals surface area contributed by atoms with Crippen molar-refractivity contribution in [2.45, 2.75) is 141 Å². The fourth-order valence-electron chi connectivity index (χ4n) is 5.65. The second-order valence-electron chi connectivity index (χ2n) is 11.7. The van der Waals surface area contributed by atoms with Gasteiger partial charge in [-0.05, 0) is 13.3 Å². The lowest BCUT2D eigenvalue weighted by Gasteiger charge is -2.28. The number of carbonyl (C=O) groups is 2. The summed E-state index contributed by atoms with van der Waals surface area (Å²) in [5.41, 5.74) is 4.46. The highest BCUT2D eigenvalue weighted by molar-refractivity contribution is 5.81. The first kappa shape index (κ1) is 36.0. The lowest BCUT2D eigenvalue weighted by Crippen LogP contribution is -2.45. The number of halogens is 1. The van der Waals surface area contributed by atoms with E-state index >= 15 is 0 Å². The third-order valence-electron chi connectivity index (χ3n) is 8.18. The van der Waals surface area contributed by atoms with E-state index in [1.807, 2.05) is 0 Å². The molecule has 0 radical (unpaired) electrons. The van der Waals surface area contributed by atoms with Gasteiger partial charge in [-0.3, -0.25) is 9.36 Å². The maximum atomic E-state index is 14.0. The molecule has 0 bridgehead atoms. The third kappa shape index (κ3) is 11.1. The maximum absolute atomic E-state index is 14.0. The van der Waals surface area contributed by atoms with Crippen molar-refractivity contribution in [3.05, 3.63) is 12.4 Å². The molecule has 0 unspecified atom stereocenters. The van der Waals surface area contributed by atoms with Gasteiger partial charge in [0.2, 0.25) is 5.60 Å². The second kappa shape index (κ2) is 19.1. The Morgan fingerprint density at radius 1 is 1.00 bits per heavy atom. The first-order chi connectivity index (χ1) is 21.8. The number of terminal acetylenes is 1. The largest absolute Gasteiger partial charge is 0.508 e. The van der Waals surface area contributed by atoms with Crippen molar-refractivity contribution < 1.29 is 32.9 Å². The van der Waals surface area contributed by atoms with Crippen molar-refractivity contribution >= 4 is 29.1 Å². The molecule has 1 aliphatic heterocycles. The van der Waals surface area contributed by atoms with E-state index in [4.69, 9.17) is 31.1 Å². The van der Waals surface area contributed by atoms with Crippen LogP contribution in [-0.4, -0.2) is 56.6 Å². The summed E-state index contributed by atoms with van der Waals surface area (Å²) in [6.45, 7) is 3.57. The van der Waals surface area contributed by atoms with Crippen molar-refractivity contribution in [3.63, 3.8) is 0 Å². The molecule has 1 saturated heterocycles. The summed E-state index contributed by atoms with van der Waals surface area (Å²) in [6.07, 6.45) is 22.2. The first-order valence-electron chi connectivity index (χ1n) is 16.6. The van der Waals surface area contributed by atoms with E-state index in [-0.39, 0.29) is 36.4 Å². The van der Waals surface area contributed by atoms with Crippen LogP contribution in [0.4, 0.5) is 15.0 Å². The van der Waals surface area contributed by atoms with Crippen LogP contribution < -0.4 is 5.73 Å². The monoisotopic (exact) mass is 631 g/mol. The van der Waals surface area contributed by atoms with E-state index in [9.17, 15) is 14.0 Å². The molecule has 11 nitrogen and oxygen atoms in total. The molecule has 1 aliphatic rings. The van der Waals surface area contributed by atoms with Crippen LogP contribution in [0.25, 0.3) is 11.2 Å². The van der Waals surface area contributed by atoms with E-state index < -0.39 is 42.7 Å². The summed E-state index contributed by atoms with van der Waals surface area (Å²) >= 11 is 0. The van der Waals surface area contributed by atoms with Gasteiger partial charge in [-0.1, -0.05) is 103 Å². The third-order valence-corrected chi connectivity index (χ3v) is 8.18. The van der Waals surface area contributed by atoms with E-state index in [1.54, 1.807) is 6.92 Å². The van der Waals surface area contributed by atoms with Gasteiger partial charge in [0, 0.05) is 12.8 Å². The number of hydrogen-bond donors (Lipinski definition) is 1. The van der Waals surface area contributed by atoms with Gasteiger partial charge in [0.25, 0.3) is 0 Å². The molecule has 0 aliphatic carbocycles. The van der Waals surface area contributed by atoms with Crippen molar-refractivity contribution in [3.8, 4) is 12.3 Å². The number of unbranched alkanes of at least 4 members (excludes halogenated alkanes) is 14. The predicted octanol–water partition coefficient (Wildman–Crippen LogP) is 7.18. The zero-order valence-corrected chi connectivity index (χ0v) is 26.9. The summed E-state index contributed by atoms with van der Waals surface area (Å²) in [6, 6.07) is 0. The summed E-state index contributed by atoms with van der Waals surface area (Å²) in [5.74, 6) is 1.96. The van der Waals surface area contributed by atoms with Crippen LogP contribution in [0.15, 0.2) is 6.33 Å². The molecule has 3 atom stereocenters. The van der Waals surface area contributed by atoms with Crippen LogP contribution in [-0.2, 0) is 23.7 Å². The zero-order chi connectivity index (χ0) is 32.5. The Balaban J connectivity index is 1.45. The molecule has 3 rings (SSSR count). The molecule has 1 fully saturated rings. The number of nitrogens with two attached hydrogens (primary N) is 1. The summed E-state index contributed by atoms with van der Waals surface area (Å²) in [7, 11) is 0. The molecule has 2 N–H and O–H groups in total. The quantitative estimate of drug-likeness (QED) is 0.0651. The summed E-state index contributed by atoms with van der Waals surface area (Å²) < 4.78 is 37.4. The smallest absolute Gasteiger partial charge is 0.458 e. The van der Waals surface area contributed by atoms with Gasteiger partial charge in [0.15, 0.2) is 17.0 Å². The van der Waals surface area contributed by atoms with Crippen LogP contribution in [0.2, 0.25) is 0 Å². The van der Waals surface area contributed by atoms with Crippen LogP contribution in [0.5, 0.6) is 0 Å². The number of carbonyl (C=O) groups excluding carboxylic acids is 2. The Bertz CT molecular complexity index is 1250. The predicted molar refractivity (Wildman–Crippen MR) is 168 cm³/mol. The zero-order valence-electron chi connectivity index (χ0n) is 26.9. The number of fused-ring (bicyclic) bond motifs is 1. The summed E-state index contributed by atoms with van der Waals surface area (Å²) in [5, 5.41) is 0. The molecule has 12 heteroatoms. The van der Waals surface area contributed by atoms with E-state index in [0.717, 1.165) is 19.3 Å². The number of nitrogens with zero attached hydrogens (tertiary/aromatic N) is 4. The number of aromatic nitrogens is 4. The van der Waals surface area contributed by atoms with Crippen LogP contribution >= 0.6 is 0 Å². The fourth-order valence-corrected chi connectivity index (χ4v) is 5.65. The van der Waals surface area contributed by atoms with E-state index in [1.165, 1.54) is 81.5 Å². The summed E-state index contributed by atoms with van der Waals surface area (Å²) in [4.78, 5) is 36.3. The van der Waals surface area contributed by atoms with Crippen molar-refractivity contribution in [1.82, 2.24) is 19.5 Å². The average molecular weight is 632 g/mol. The molecule has 0 amide bonds. The Morgan fingerprint density at radius 2 is 1.60 bits per heavy atom. The topological polar surface area (TPSA) is 141 Å². The maximum Gasteiger partial charge on any atom is 0.508 e. The van der Waals surface area contributed by atoms with Crippen molar-refractivity contribution in [1.29, 1.82) is 0 Å². The Kier molecular flexibility index (Phi) is 15.3. The fraction of sp³-hybridized carbons (Fsp3) is 0.727. The van der Waals surface area contributed by atoms with Crippen molar-refractivity contribution in [2.24, 2.45) is 0 Å². The second-order valence-corrected chi connectivity index (χ2v) is 11.7. The number of ether oxygens (including phenoxy) is 4. The van der Waals surface area contributed by atoms with Gasteiger partial charge >= 0.3 is 18.2 Å². The molecule has 0 aromatic carbocycles. The number of imidazole rings is 1. The molecular formula is C33H50FN5O6. The SMILES string of the molecule is C#C[C@]1(COC(=O)OCC)O[C@@H](n2cnc3c(N)nc(F)nc32)C[C@@H]1OC(=O)CCCCCCCCCCCCCCCCC. The molecule has 3 heterocycles.